The van der Waals surface area contributed by atoms with Crippen molar-refractivity contribution in [3.8, 4) is 5.75 Å². The summed E-state index contributed by atoms with van der Waals surface area (Å²) in [5.74, 6) is 1.78. The zero-order valence-corrected chi connectivity index (χ0v) is 9.25. The SMILES string of the molecule is COc1csc(C(N)Cc2ncc[nH]2)c1. The second-order valence-electron chi connectivity index (χ2n) is 3.24. The van der Waals surface area contributed by atoms with Gasteiger partial charge in [-0.3, -0.25) is 0 Å². The lowest BCUT2D eigenvalue weighted by Gasteiger charge is -2.06. The van der Waals surface area contributed by atoms with Crippen molar-refractivity contribution in [2.45, 2.75) is 12.5 Å². The molecule has 0 bridgehead atoms. The summed E-state index contributed by atoms with van der Waals surface area (Å²) in [7, 11) is 1.66. The Morgan fingerprint density at radius 3 is 3.13 bits per heavy atom. The van der Waals surface area contributed by atoms with Crippen molar-refractivity contribution in [3.05, 3.63) is 34.5 Å². The summed E-state index contributed by atoms with van der Waals surface area (Å²) in [6, 6.07) is 1.95. The number of thiophene rings is 1. The first-order valence-electron chi connectivity index (χ1n) is 4.66. The van der Waals surface area contributed by atoms with Crippen LogP contribution in [0.5, 0.6) is 5.75 Å². The molecule has 0 radical (unpaired) electrons. The van der Waals surface area contributed by atoms with Gasteiger partial charge in [0, 0.05) is 35.1 Å². The van der Waals surface area contributed by atoms with Crippen molar-refractivity contribution in [2.24, 2.45) is 5.73 Å². The Balaban J connectivity index is 2.04. The largest absolute Gasteiger partial charge is 0.496 e. The predicted octanol–water partition coefficient (Wildman–Crippen LogP) is 1.72. The van der Waals surface area contributed by atoms with Crippen LogP contribution in [0.4, 0.5) is 0 Å². The number of nitrogens with zero attached hydrogens (tertiary/aromatic N) is 1. The summed E-state index contributed by atoms with van der Waals surface area (Å²) >= 11 is 1.61. The van der Waals surface area contributed by atoms with Crippen LogP contribution in [0.1, 0.15) is 16.7 Å². The number of nitrogens with two attached hydrogens (primary N) is 1. The van der Waals surface area contributed by atoms with Gasteiger partial charge in [-0.2, -0.15) is 0 Å². The molecule has 4 nitrogen and oxygen atoms in total. The summed E-state index contributed by atoms with van der Waals surface area (Å²) in [5.41, 5.74) is 6.05. The molecule has 1 unspecified atom stereocenters. The molecule has 2 heterocycles. The van der Waals surface area contributed by atoms with Crippen LogP contribution < -0.4 is 10.5 Å². The van der Waals surface area contributed by atoms with Crippen LogP contribution >= 0.6 is 11.3 Å². The number of hydrogen-bond donors (Lipinski definition) is 2. The third kappa shape index (κ3) is 2.37. The lowest BCUT2D eigenvalue weighted by atomic mass is 10.2. The van der Waals surface area contributed by atoms with Crippen molar-refractivity contribution >= 4 is 11.3 Å². The van der Waals surface area contributed by atoms with E-state index in [1.807, 2.05) is 11.4 Å². The van der Waals surface area contributed by atoms with E-state index in [0.29, 0.717) is 0 Å². The van der Waals surface area contributed by atoms with E-state index < -0.39 is 0 Å². The van der Waals surface area contributed by atoms with Crippen molar-refractivity contribution in [3.63, 3.8) is 0 Å². The Morgan fingerprint density at radius 1 is 1.67 bits per heavy atom. The fourth-order valence-electron chi connectivity index (χ4n) is 1.35. The second-order valence-corrected chi connectivity index (χ2v) is 4.18. The lowest BCUT2D eigenvalue weighted by molar-refractivity contribution is 0.416. The maximum atomic E-state index is 6.05. The van der Waals surface area contributed by atoms with Gasteiger partial charge in [-0.1, -0.05) is 0 Å². The summed E-state index contributed by atoms with van der Waals surface area (Å²) in [6.45, 7) is 0. The maximum absolute atomic E-state index is 6.05. The number of rotatable bonds is 4. The first-order valence-corrected chi connectivity index (χ1v) is 5.54. The van der Waals surface area contributed by atoms with Crippen LogP contribution in [0.25, 0.3) is 0 Å². The van der Waals surface area contributed by atoms with Crippen LogP contribution in [0.15, 0.2) is 23.8 Å². The van der Waals surface area contributed by atoms with E-state index in [2.05, 4.69) is 9.97 Å². The Kier molecular flexibility index (Phi) is 3.03. The minimum Gasteiger partial charge on any atom is -0.496 e. The molecule has 3 N–H and O–H groups in total. The highest BCUT2D eigenvalue weighted by molar-refractivity contribution is 7.10. The van der Waals surface area contributed by atoms with Gasteiger partial charge in [0.2, 0.25) is 0 Å². The van der Waals surface area contributed by atoms with E-state index in [4.69, 9.17) is 10.5 Å². The number of ether oxygens (including phenoxy) is 1. The molecule has 0 spiro atoms. The molecule has 0 aromatic carbocycles. The van der Waals surface area contributed by atoms with E-state index in [1.165, 1.54) is 0 Å². The van der Waals surface area contributed by atoms with Gasteiger partial charge in [0.25, 0.3) is 0 Å². The van der Waals surface area contributed by atoms with E-state index in [-0.39, 0.29) is 6.04 Å². The molecule has 0 aliphatic carbocycles. The summed E-state index contributed by atoms with van der Waals surface area (Å²) < 4.78 is 5.11. The number of hydrogen-bond acceptors (Lipinski definition) is 4. The number of aromatic amines is 1. The van der Waals surface area contributed by atoms with Crippen molar-refractivity contribution < 1.29 is 4.74 Å². The van der Waals surface area contributed by atoms with Gasteiger partial charge >= 0.3 is 0 Å². The molecule has 0 fully saturated rings. The standard InChI is InChI=1S/C10H13N3OS/c1-14-7-4-9(15-6-7)8(11)5-10-12-2-3-13-10/h2-4,6,8H,5,11H2,1H3,(H,12,13). The fourth-order valence-corrected chi connectivity index (χ4v) is 2.21. The van der Waals surface area contributed by atoms with Gasteiger partial charge in [0.1, 0.15) is 11.6 Å². The number of H-pyrrole nitrogens is 1. The third-order valence-electron chi connectivity index (χ3n) is 2.16. The van der Waals surface area contributed by atoms with Gasteiger partial charge in [-0.05, 0) is 6.07 Å². The molecule has 80 valence electrons. The van der Waals surface area contributed by atoms with Gasteiger partial charge in [-0.25, -0.2) is 4.98 Å². The predicted molar refractivity (Wildman–Crippen MR) is 60.1 cm³/mol. The third-order valence-corrected chi connectivity index (χ3v) is 3.21. The smallest absolute Gasteiger partial charge is 0.129 e. The highest BCUT2D eigenvalue weighted by atomic mass is 32.1. The highest BCUT2D eigenvalue weighted by Crippen LogP contribution is 2.26. The average molecular weight is 223 g/mol. The average Bonchev–Trinajstić information content (AvgIpc) is 2.86. The van der Waals surface area contributed by atoms with Crippen molar-refractivity contribution in [1.82, 2.24) is 9.97 Å². The summed E-state index contributed by atoms with van der Waals surface area (Å²) in [4.78, 5) is 8.30. The monoisotopic (exact) mass is 223 g/mol. The molecule has 2 aromatic heterocycles. The van der Waals surface area contributed by atoms with E-state index in [0.717, 1.165) is 22.9 Å². The Labute approximate surface area is 92.1 Å². The van der Waals surface area contributed by atoms with E-state index >= 15 is 0 Å². The fraction of sp³-hybridized carbons (Fsp3) is 0.300. The van der Waals surface area contributed by atoms with E-state index in [9.17, 15) is 0 Å². The molecule has 2 aromatic rings. The molecule has 0 amide bonds. The van der Waals surface area contributed by atoms with Crippen LogP contribution in [0.2, 0.25) is 0 Å². The second kappa shape index (κ2) is 4.46. The Morgan fingerprint density at radius 2 is 2.53 bits per heavy atom. The molecular weight excluding hydrogens is 210 g/mol. The first-order chi connectivity index (χ1) is 7.29. The molecule has 2 rings (SSSR count). The van der Waals surface area contributed by atoms with Crippen LogP contribution in [0.3, 0.4) is 0 Å². The van der Waals surface area contributed by atoms with Gasteiger partial charge in [-0.15, -0.1) is 11.3 Å². The Hall–Kier alpha value is -1.33. The minimum absolute atomic E-state index is 0.0231. The molecule has 5 heteroatoms. The van der Waals surface area contributed by atoms with Crippen molar-refractivity contribution in [2.75, 3.05) is 7.11 Å². The minimum atomic E-state index is -0.0231. The van der Waals surface area contributed by atoms with Crippen molar-refractivity contribution in [1.29, 1.82) is 0 Å². The normalized spacial score (nSPS) is 12.7. The molecule has 1 atom stereocenters. The molecule has 0 aliphatic heterocycles. The zero-order valence-electron chi connectivity index (χ0n) is 8.43. The molecular formula is C10H13N3OS. The Bertz CT molecular complexity index is 410. The molecule has 15 heavy (non-hydrogen) atoms. The van der Waals surface area contributed by atoms with Gasteiger partial charge < -0.3 is 15.5 Å². The first kappa shape index (κ1) is 10.2. The van der Waals surface area contributed by atoms with Gasteiger partial charge in [0.15, 0.2) is 0 Å². The number of methoxy groups -OCH3 is 1. The molecule has 0 aliphatic rings. The summed E-state index contributed by atoms with van der Waals surface area (Å²) in [5, 5.41) is 1.96. The van der Waals surface area contributed by atoms with Crippen LogP contribution in [-0.4, -0.2) is 17.1 Å². The quantitative estimate of drug-likeness (QED) is 0.829. The number of aromatic nitrogens is 2. The van der Waals surface area contributed by atoms with E-state index in [1.54, 1.807) is 30.8 Å². The molecule has 0 saturated carbocycles. The van der Waals surface area contributed by atoms with Crippen LogP contribution in [0, 0.1) is 0 Å². The zero-order chi connectivity index (χ0) is 10.7. The summed E-state index contributed by atoms with van der Waals surface area (Å²) in [6.07, 6.45) is 4.25. The molecule has 0 saturated heterocycles. The maximum Gasteiger partial charge on any atom is 0.129 e. The highest BCUT2D eigenvalue weighted by Gasteiger charge is 2.11. The van der Waals surface area contributed by atoms with Crippen LogP contribution in [-0.2, 0) is 6.42 Å². The number of nitrogens with one attached hydrogen (secondary N) is 1. The lowest BCUT2D eigenvalue weighted by Crippen LogP contribution is -2.12. The topological polar surface area (TPSA) is 63.9 Å². The van der Waals surface area contributed by atoms with Gasteiger partial charge in [0.05, 0.1) is 7.11 Å². The number of imidazole rings is 1.